The molecule has 1 aromatic carbocycles. The second-order valence-electron chi connectivity index (χ2n) is 10.3. The number of rotatable bonds is 0. The standard InChI is InChI=1S/C23H30BrNO2/c1-13-6-7-18-21(2,3)8-5-9-23(18)22(13,4)11-15-17(24)10-14-16(19(15)27-23)12-25-20(14)26/h10,13,18H,5-9,11-12H2,1-4H3,(H,25,26)/t13-,18-,22+,23-/m0/s1. The van der Waals surface area contributed by atoms with Crippen molar-refractivity contribution in [2.45, 2.75) is 78.4 Å². The van der Waals surface area contributed by atoms with E-state index in [1.165, 1.54) is 31.2 Å². The van der Waals surface area contributed by atoms with Gasteiger partial charge in [0.2, 0.25) is 0 Å². The minimum atomic E-state index is -0.111. The Morgan fingerprint density at radius 2 is 1.96 bits per heavy atom. The van der Waals surface area contributed by atoms with Gasteiger partial charge in [-0.15, -0.1) is 0 Å². The maximum Gasteiger partial charge on any atom is 0.252 e. The highest BCUT2D eigenvalue weighted by Crippen LogP contribution is 2.66. The largest absolute Gasteiger partial charge is 0.486 e. The molecular weight excluding hydrogens is 402 g/mol. The summed E-state index contributed by atoms with van der Waals surface area (Å²) in [4.78, 5) is 12.3. The maximum absolute atomic E-state index is 12.3. The van der Waals surface area contributed by atoms with E-state index < -0.39 is 0 Å². The van der Waals surface area contributed by atoms with Gasteiger partial charge in [0, 0.05) is 39.0 Å². The van der Waals surface area contributed by atoms with E-state index in [4.69, 9.17) is 4.74 Å². The van der Waals surface area contributed by atoms with E-state index in [9.17, 15) is 4.79 Å². The van der Waals surface area contributed by atoms with Crippen LogP contribution in [0.5, 0.6) is 5.75 Å². The number of ether oxygens (including phenoxy) is 1. The fourth-order valence-electron chi connectivity index (χ4n) is 7.00. The Bertz CT molecular complexity index is 847. The Morgan fingerprint density at radius 3 is 2.74 bits per heavy atom. The van der Waals surface area contributed by atoms with E-state index >= 15 is 0 Å². The lowest BCUT2D eigenvalue weighted by Crippen LogP contribution is -2.68. The predicted molar refractivity (Wildman–Crippen MR) is 110 cm³/mol. The fourth-order valence-corrected chi connectivity index (χ4v) is 7.55. The lowest BCUT2D eigenvalue weighted by molar-refractivity contribution is -0.210. The molecule has 3 nitrogen and oxygen atoms in total. The summed E-state index contributed by atoms with van der Waals surface area (Å²) in [5.41, 5.74) is 3.47. The van der Waals surface area contributed by atoms with Crippen molar-refractivity contribution in [3.63, 3.8) is 0 Å². The van der Waals surface area contributed by atoms with Gasteiger partial charge in [-0.2, -0.15) is 0 Å². The number of carbonyl (C=O) groups is 1. The molecule has 27 heavy (non-hydrogen) atoms. The van der Waals surface area contributed by atoms with Crippen LogP contribution in [0.2, 0.25) is 0 Å². The van der Waals surface area contributed by atoms with Crippen molar-refractivity contribution >= 4 is 21.8 Å². The Kier molecular flexibility index (Phi) is 3.69. The van der Waals surface area contributed by atoms with Gasteiger partial charge >= 0.3 is 0 Å². The summed E-state index contributed by atoms with van der Waals surface area (Å²) in [6, 6.07) is 2.01. The van der Waals surface area contributed by atoms with Crippen LogP contribution in [0.4, 0.5) is 0 Å². The molecule has 0 radical (unpaired) electrons. The summed E-state index contributed by atoms with van der Waals surface area (Å²) in [6.45, 7) is 10.4. The van der Waals surface area contributed by atoms with Gasteiger partial charge in [0.05, 0.1) is 0 Å². The highest BCUT2D eigenvalue weighted by atomic mass is 79.9. The topological polar surface area (TPSA) is 38.3 Å². The summed E-state index contributed by atoms with van der Waals surface area (Å²) < 4.78 is 8.22. The molecule has 1 aromatic rings. The van der Waals surface area contributed by atoms with Crippen LogP contribution in [0.3, 0.4) is 0 Å². The fraction of sp³-hybridized carbons (Fsp3) is 0.696. The number of benzene rings is 1. The first kappa shape index (κ1) is 18.0. The lowest BCUT2D eigenvalue weighted by atomic mass is 9.44. The van der Waals surface area contributed by atoms with Gasteiger partial charge in [0.15, 0.2) is 0 Å². The van der Waals surface area contributed by atoms with Crippen molar-refractivity contribution in [2.24, 2.45) is 22.7 Å². The molecule has 1 N–H and O–H groups in total. The Morgan fingerprint density at radius 1 is 1.19 bits per heavy atom. The molecule has 0 unspecified atom stereocenters. The van der Waals surface area contributed by atoms with Gasteiger partial charge in [-0.05, 0) is 55.9 Å². The van der Waals surface area contributed by atoms with Gasteiger partial charge in [-0.1, -0.05) is 43.6 Å². The second-order valence-corrected chi connectivity index (χ2v) is 11.2. The number of carbonyl (C=O) groups excluding carboxylic acids is 1. The molecule has 1 amide bonds. The number of amides is 1. The number of hydrogen-bond donors (Lipinski definition) is 1. The SMILES string of the molecule is C[C@H]1CC[C@H]2C(C)(C)CCC[C@]23Oc2c(c(Br)cc4c2CNC4=O)C[C@]13C. The average molecular weight is 432 g/mol. The summed E-state index contributed by atoms with van der Waals surface area (Å²) in [5.74, 6) is 2.25. The molecule has 2 heterocycles. The molecule has 4 heteroatoms. The van der Waals surface area contributed by atoms with E-state index in [0.29, 0.717) is 23.8 Å². The van der Waals surface area contributed by atoms with Gasteiger partial charge < -0.3 is 10.1 Å². The van der Waals surface area contributed by atoms with E-state index in [0.717, 1.165) is 34.2 Å². The molecule has 5 rings (SSSR count). The molecule has 0 aromatic heterocycles. The quantitative estimate of drug-likeness (QED) is 0.577. The second kappa shape index (κ2) is 5.52. The van der Waals surface area contributed by atoms with Crippen molar-refractivity contribution in [3.05, 3.63) is 27.2 Å². The molecule has 0 saturated heterocycles. The molecular formula is C23H30BrNO2. The highest BCUT2D eigenvalue weighted by molar-refractivity contribution is 9.10. The summed E-state index contributed by atoms with van der Waals surface area (Å²) in [5, 5.41) is 3.00. The molecule has 146 valence electrons. The molecule has 2 fully saturated rings. The number of hydrogen-bond acceptors (Lipinski definition) is 2. The first-order valence-electron chi connectivity index (χ1n) is 10.5. The smallest absolute Gasteiger partial charge is 0.252 e. The van der Waals surface area contributed by atoms with Gasteiger partial charge in [0.1, 0.15) is 11.4 Å². The molecule has 2 aliphatic heterocycles. The monoisotopic (exact) mass is 431 g/mol. The third-order valence-electron chi connectivity index (χ3n) is 8.75. The number of halogens is 1. The first-order chi connectivity index (χ1) is 12.7. The van der Waals surface area contributed by atoms with Crippen molar-refractivity contribution in [1.82, 2.24) is 5.32 Å². The van der Waals surface area contributed by atoms with Gasteiger partial charge in [-0.3, -0.25) is 4.79 Å². The highest BCUT2D eigenvalue weighted by Gasteiger charge is 2.66. The Hall–Kier alpha value is -1.03. The summed E-state index contributed by atoms with van der Waals surface area (Å²) >= 11 is 3.77. The normalized spacial score (nSPS) is 38.8. The molecule has 1 spiro atoms. The average Bonchev–Trinajstić information content (AvgIpc) is 2.96. The molecule has 2 aliphatic carbocycles. The van der Waals surface area contributed by atoms with Crippen LogP contribution in [0.15, 0.2) is 10.5 Å². The molecule has 0 bridgehead atoms. The first-order valence-corrected chi connectivity index (χ1v) is 11.3. The minimum absolute atomic E-state index is 0.0282. The minimum Gasteiger partial charge on any atom is -0.486 e. The van der Waals surface area contributed by atoms with Crippen molar-refractivity contribution in [2.75, 3.05) is 0 Å². The van der Waals surface area contributed by atoms with Crippen LogP contribution >= 0.6 is 15.9 Å². The lowest BCUT2D eigenvalue weighted by Gasteiger charge is -2.66. The Balaban J connectivity index is 1.74. The van der Waals surface area contributed by atoms with E-state index in [1.807, 2.05) is 6.07 Å². The van der Waals surface area contributed by atoms with E-state index in [2.05, 4.69) is 48.9 Å². The maximum atomic E-state index is 12.3. The van der Waals surface area contributed by atoms with Crippen LogP contribution < -0.4 is 10.1 Å². The number of fused-ring (bicyclic) bond motifs is 3. The molecule has 2 saturated carbocycles. The summed E-state index contributed by atoms with van der Waals surface area (Å²) in [7, 11) is 0. The van der Waals surface area contributed by atoms with Crippen molar-refractivity contribution in [3.8, 4) is 5.75 Å². The number of nitrogens with one attached hydrogen (secondary N) is 1. The third-order valence-corrected chi connectivity index (χ3v) is 9.46. The van der Waals surface area contributed by atoms with Crippen molar-refractivity contribution < 1.29 is 9.53 Å². The van der Waals surface area contributed by atoms with Crippen LogP contribution in [-0.4, -0.2) is 11.5 Å². The Labute approximate surface area is 170 Å². The zero-order valence-corrected chi connectivity index (χ0v) is 18.5. The third kappa shape index (κ3) is 2.17. The van der Waals surface area contributed by atoms with Crippen LogP contribution in [0.25, 0.3) is 0 Å². The van der Waals surface area contributed by atoms with E-state index in [1.54, 1.807) is 0 Å². The summed E-state index contributed by atoms with van der Waals surface area (Å²) in [6.07, 6.45) is 7.24. The molecule has 4 atom stereocenters. The predicted octanol–water partition coefficient (Wildman–Crippen LogP) is 5.63. The van der Waals surface area contributed by atoms with Crippen molar-refractivity contribution in [1.29, 1.82) is 0 Å². The van der Waals surface area contributed by atoms with Gasteiger partial charge in [0.25, 0.3) is 5.91 Å². The zero-order chi connectivity index (χ0) is 19.2. The zero-order valence-electron chi connectivity index (χ0n) is 16.9. The van der Waals surface area contributed by atoms with E-state index in [-0.39, 0.29) is 16.9 Å². The van der Waals surface area contributed by atoms with Crippen LogP contribution in [0, 0.1) is 22.7 Å². The van der Waals surface area contributed by atoms with Crippen LogP contribution in [-0.2, 0) is 13.0 Å². The van der Waals surface area contributed by atoms with Crippen LogP contribution in [0.1, 0.15) is 81.3 Å². The molecule has 4 aliphatic rings. The van der Waals surface area contributed by atoms with Gasteiger partial charge in [-0.25, -0.2) is 0 Å².